The van der Waals surface area contributed by atoms with Gasteiger partial charge in [0.25, 0.3) is 0 Å². The van der Waals surface area contributed by atoms with Crippen LogP contribution < -0.4 is 4.72 Å². The summed E-state index contributed by atoms with van der Waals surface area (Å²) in [6.07, 6.45) is 1.73. The normalized spacial score (nSPS) is 12.5. The molecule has 0 heterocycles. The van der Waals surface area contributed by atoms with Gasteiger partial charge in [-0.25, -0.2) is 13.1 Å². The average molecular weight is 360 g/mol. The minimum atomic E-state index is -3.57. The third kappa shape index (κ3) is 7.32. The molecule has 0 aliphatic heterocycles. The second-order valence-corrected chi connectivity index (χ2v) is 7.05. The molecule has 0 radical (unpaired) electrons. The third-order valence-electron chi connectivity index (χ3n) is 3.64. The highest BCUT2D eigenvalue weighted by molar-refractivity contribution is 7.89. The van der Waals surface area contributed by atoms with Crippen LogP contribution >= 0.6 is 12.4 Å². The summed E-state index contributed by atoms with van der Waals surface area (Å²) >= 11 is 0. The molecular weight excluding hydrogens is 334 g/mol. The van der Waals surface area contributed by atoms with Crippen molar-refractivity contribution in [2.24, 2.45) is 0 Å². The van der Waals surface area contributed by atoms with E-state index in [0.29, 0.717) is 5.56 Å². The summed E-state index contributed by atoms with van der Waals surface area (Å²) < 4.78 is 27.3. The van der Waals surface area contributed by atoms with Crippen LogP contribution in [0.15, 0.2) is 29.2 Å². The lowest BCUT2D eigenvalue weighted by Gasteiger charge is -2.19. The fourth-order valence-electron chi connectivity index (χ4n) is 2.29. The Labute approximate surface area is 146 Å². The molecule has 0 aromatic heterocycles. The van der Waals surface area contributed by atoms with Gasteiger partial charge in [-0.15, -0.1) is 12.4 Å². The van der Waals surface area contributed by atoms with Gasteiger partial charge in [0.2, 0.25) is 10.0 Å². The molecule has 5 nitrogen and oxygen atoms in total. The summed E-state index contributed by atoms with van der Waals surface area (Å²) in [5, 5.41) is 8.85. The molecule has 0 aliphatic carbocycles. The van der Waals surface area contributed by atoms with Crippen molar-refractivity contribution in [1.29, 1.82) is 5.26 Å². The Bertz CT molecular complexity index is 610. The molecule has 1 atom stereocenters. The lowest BCUT2D eigenvalue weighted by Crippen LogP contribution is -2.33. The van der Waals surface area contributed by atoms with Gasteiger partial charge in [-0.05, 0) is 57.6 Å². The van der Waals surface area contributed by atoms with Crippen molar-refractivity contribution in [3.8, 4) is 6.07 Å². The maximum absolute atomic E-state index is 12.3. The van der Waals surface area contributed by atoms with E-state index < -0.39 is 10.0 Å². The van der Waals surface area contributed by atoms with E-state index in [1.165, 1.54) is 12.1 Å². The van der Waals surface area contributed by atoms with Crippen molar-refractivity contribution in [1.82, 2.24) is 9.62 Å². The number of sulfonamides is 1. The number of hydrogen-bond donors (Lipinski definition) is 1. The first-order chi connectivity index (χ1) is 10.4. The van der Waals surface area contributed by atoms with Crippen LogP contribution in [0.5, 0.6) is 0 Å². The second-order valence-electron chi connectivity index (χ2n) is 5.33. The van der Waals surface area contributed by atoms with Crippen LogP contribution in [0, 0.1) is 11.3 Å². The largest absolute Gasteiger partial charge is 0.304 e. The Hall–Kier alpha value is -1.13. The predicted molar refractivity (Wildman–Crippen MR) is 95.2 cm³/mol. The van der Waals surface area contributed by atoms with E-state index in [2.05, 4.69) is 23.5 Å². The molecule has 0 saturated heterocycles. The maximum atomic E-state index is 12.3. The van der Waals surface area contributed by atoms with Gasteiger partial charge in [-0.3, -0.25) is 0 Å². The Balaban J connectivity index is 0.00000484. The van der Waals surface area contributed by atoms with Gasteiger partial charge in [0, 0.05) is 6.04 Å². The summed E-state index contributed by atoms with van der Waals surface area (Å²) in [4.78, 5) is 2.46. The van der Waals surface area contributed by atoms with E-state index >= 15 is 0 Å². The highest BCUT2D eigenvalue weighted by atomic mass is 35.5. The molecule has 7 heteroatoms. The highest BCUT2D eigenvalue weighted by Gasteiger charge is 2.17. The molecule has 0 amide bonds. The van der Waals surface area contributed by atoms with Crippen molar-refractivity contribution >= 4 is 22.4 Å². The first kappa shape index (κ1) is 21.9. The Morgan fingerprint density at radius 1 is 1.30 bits per heavy atom. The zero-order valence-electron chi connectivity index (χ0n) is 13.9. The summed E-state index contributed by atoms with van der Waals surface area (Å²) in [7, 11) is -3.57. The van der Waals surface area contributed by atoms with E-state index in [9.17, 15) is 8.42 Å². The number of nitriles is 1. The number of nitrogens with one attached hydrogen (secondary N) is 1. The number of nitrogens with zero attached hydrogens (tertiary/aromatic N) is 2. The van der Waals surface area contributed by atoms with Crippen LogP contribution in [-0.4, -0.2) is 39.0 Å². The number of rotatable bonds is 9. The van der Waals surface area contributed by atoms with Gasteiger partial charge in [-0.1, -0.05) is 19.9 Å². The monoisotopic (exact) mass is 359 g/mol. The van der Waals surface area contributed by atoms with Crippen LogP contribution in [0.25, 0.3) is 0 Å². The van der Waals surface area contributed by atoms with Gasteiger partial charge in [0.1, 0.15) is 0 Å². The summed E-state index contributed by atoms with van der Waals surface area (Å²) in [5.41, 5.74) is 0.345. The van der Waals surface area contributed by atoms with Crippen LogP contribution in [0.4, 0.5) is 0 Å². The van der Waals surface area contributed by atoms with Crippen LogP contribution in [-0.2, 0) is 10.0 Å². The second kappa shape index (κ2) is 10.6. The van der Waals surface area contributed by atoms with Crippen molar-refractivity contribution in [2.45, 2.75) is 44.6 Å². The number of benzene rings is 1. The van der Waals surface area contributed by atoms with E-state index in [4.69, 9.17) is 5.26 Å². The predicted octanol–water partition coefficient (Wildman–Crippen LogP) is 2.77. The summed E-state index contributed by atoms with van der Waals surface area (Å²) in [5.74, 6) is 0. The lowest BCUT2D eigenvalue weighted by atomic mass is 10.2. The van der Waals surface area contributed by atoms with E-state index in [-0.39, 0.29) is 23.3 Å². The molecule has 0 bridgehead atoms. The smallest absolute Gasteiger partial charge is 0.240 e. The molecule has 130 valence electrons. The van der Waals surface area contributed by atoms with Crippen molar-refractivity contribution < 1.29 is 8.42 Å². The first-order valence-electron chi connectivity index (χ1n) is 7.67. The van der Waals surface area contributed by atoms with Gasteiger partial charge < -0.3 is 4.90 Å². The van der Waals surface area contributed by atoms with Gasteiger partial charge in [0.05, 0.1) is 16.5 Å². The third-order valence-corrected chi connectivity index (χ3v) is 5.22. The number of hydrogen-bond acceptors (Lipinski definition) is 4. The van der Waals surface area contributed by atoms with Crippen LogP contribution in [0.3, 0.4) is 0 Å². The van der Waals surface area contributed by atoms with E-state index in [1.54, 1.807) is 12.1 Å². The molecule has 0 spiro atoms. The molecule has 0 fully saturated rings. The zero-order valence-corrected chi connectivity index (χ0v) is 15.6. The fraction of sp³-hybridized carbons (Fsp3) is 0.562. The average Bonchev–Trinajstić information content (AvgIpc) is 2.51. The Morgan fingerprint density at radius 3 is 2.52 bits per heavy atom. The first-order valence-corrected chi connectivity index (χ1v) is 9.16. The standard InChI is InChI=1S/C16H25N3O2S.ClH/c1-4-19(5-2)11-7-8-14(3)18-22(20,21)16-10-6-9-15(12-16)13-17;/h6,9-10,12,14,18H,4-5,7-8,11H2,1-3H3;1H. The molecular formula is C16H26ClN3O2S. The molecule has 0 aliphatic rings. The summed E-state index contributed by atoms with van der Waals surface area (Å²) in [6, 6.07) is 7.89. The molecule has 1 aromatic carbocycles. The minimum absolute atomic E-state index is 0. The van der Waals surface area contributed by atoms with Gasteiger partial charge >= 0.3 is 0 Å². The molecule has 23 heavy (non-hydrogen) atoms. The molecule has 1 unspecified atom stereocenters. The van der Waals surface area contributed by atoms with Crippen molar-refractivity contribution in [3.63, 3.8) is 0 Å². The quantitative estimate of drug-likeness (QED) is 0.735. The molecule has 1 N–H and O–H groups in total. The Morgan fingerprint density at radius 2 is 1.96 bits per heavy atom. The molecule has 0 saturated carbocycles. The Kier molecular flexibility index (Phi) is 10.1. The van der Waals surface area contributed by atoms with Gasteiger partial charge in [0.15, 0.2) is 0 Å². The van der Waals surface area contributed by atoms with Crippen molar-refractivity contribution in [3.05, 3.63) is 29.8 Å². The SMILES string of the molecule is CCN(CC)CCCC(C)NS(=O)(=O)c1cccc(C#N)c1.Cl. The van der Waals surface area contributed by atoms with Crippen LogP contribution in [0.2, 0.25) is 0 Å². The fourth-order valence-corrected chi connectivity index (χ4v) is 3.61. The van der Waals surface area contributed by atoms with Crippen molar-refractivity contribution in [2.75, 3.05) is 19.6 Å². The van der Waals surface area contributed by atoms with E-state index in [1.807, 2.05) is 13.0 Å². The topological polar surface area (TPSA) is 73.2 Å². The highest BCUT2D eigenvalue weighted by Crippen LogP contribution is 2.12. The molecule has 1 aromatic rings. The van der Waals surface area contributed by atoms with E-state index in [0.717, 1.165) is 32.5 Å². The van der Waals surface area contributed by atoms with Gasteiger partial charge in [-0.2, -0.15) is 5.26 Å². The summed E-state index contributed by atoms with van der Waals surface area (Å²) in [6.45, 7) is 9.11. The minimum Gasteiger partial charge on any atom is -0.304 e. The maximum Gasteiger partial charge on any atom is 0.240 e. The number of halogens is 1. The zero-order chi connectivity index (χ0) is 16.6. The molecule has 1 rings (SSSR count). The lowest BCUT2D eigenvalue weighted by molar-refractivity contribution is 0.293. The van der Waals surface area contributed by atoms with Crippen LogP contribution in [0.1, 0.15) is 39.2 Å².